The number of nitrogens with zero attached hydrogens (tertiary/aromatic N) is 2. The Labute approximate surface area is 105 Å². The highest BCUT2D eigenvalue weighted by Gasteiger charge is 1.99. The number of aromatic nitrogens is 2. The normalized spacial score (nSPS) is 10.4. The minimum absolute atomic E-state index is 0.554. The first-order valence-corrected chi connectivity index (χ1v) is 6.45. The maximum atomic E-state index is 5.53. The number of hydrogen-bond donors (Lipinski definition) is 1. The highest BCUT2D eigenvalue weighted by atomic mass is 32.1. The van der Waals surface area contributed by atoms with Crippen LogP contribution in [0.2, 0.25) is 0 Å². The van der Waals surface area contributed by atoms with Crippen LogP contribution in [-0.2, 0) is 13.2 Å². The van der Waals surface area contributed by atoms with Gasteiger partial charge in [0, 0.05) is 17.5 Å². The molecule has 2 rings (SSSR count). The first-order valence-electron chi connectivity index (χ1n) is 5.57. The van der Waals surface area contributed by atoms with Crippen LogP contribution in [0.5, 0.6) is 5.88 Å². The van der Waals surface area contributed by atoms with Crippen LogP contribution in [0, 0.1) is 0 Å². The van der Waals surface area contributed by atoms with Crippen molar-refractivity contribution < 1.29 is 4.74 Å². The summed E-state index contributed by atoms with van der Waals surface area (Å²) in [5.74, 6) is 0.568. The molecule has 0 spiro atoms. The molecule has 1 N–H and O–H groups in total. The lowest BCUT2D eigenvalue weighted by Gasteiger charge is -2.04. The molecule has 0 aliphatic rings. The molecule has 2 heterocycles. The van der Waals surface area contributed by atoms with Gasteiger partial charge in [-0.1, -0.05) is 13.0 Å². The summed E-state index contributed by atoms with van der Waals surface area (Å²) in [5.41, 5.74) is 0.926. The van der Waals surface area contributed by atoms with Gasteiger partial charge in [-0.25, -0.2) is 0 Å². The summed E-state index contributed by atoms with van der Waals surface area (Å²) in [6, 6.07) is 7.83. The van der Waals surface area contributed by atoms with E-state index in [2.05, 4.69) is 22.4 Å². The van der Waals surface area contributed by atoms with Crippen molar-refractivity contribution in [2.45, 2.75) is 20.1 Å². The van der Waals surface area contributed by atoms with E-state index < -0.39 is 0 Å². The molecule has 0 aliphatic heterocycles. The van der Waals surface area contributed by atoms with Gasteiger partial charge < -0.3 is 10.1 Å². The van der Waals surface area contributed by atoms with E-state index in [0.717, 1.165) is 18.8 Å². The van der Waals surface area contributed by atoms with Gasteiger partial charge in [-0.05, 0) is 24.1 Å². The summed E-state index contributed by atoms with van der Waals surface area (Å²) >= 11 is 1.67. The molecule has 0 bridgehead atoms. The van der Waals surface area contributed by atoms with E-state index in [1.807, 2.05) is 29.6 Å². The Morgan fingerprint density at radius 3 is 2.88 bits per heavy atom. The molecule has 4 nitrogen and oxygen atoms in total. The Kier molecular flexibility index (Phi) is 4.46. The van der Waals surface area contributed by atoms with Gasteiger partial charge in [0.25, 0.3) is 0 Å². The second-order valence-corrected chi connectivity index (χ2v) is 4.54. The minimum Gasteiger partial charge on any atom is -0.471 e. The van der Waals surface area contributed by atoms with Crippen LogP contribution in [0.3, 0.4) is 0 Å². The molecule has 0 saturated heterocycles. The molecule has 0 aromatic carbocycles. The molecule has 0 fully saturated rings. The van der Waals surface area contributed by atoms with Gasteiger partial charge in [-0.15, -0.1) is 16.4 Å². The highest BCUT2D eigenvalue weighted by Crippen LogP contribution is 2.12. The molecule has 2 aromatic rings. The summed E-state index contributed by atoms with van der Waals surface area (Å²) in [7, 11) is 0. The monoisotopic (exact) mass is 249 g/mol. The van der Waals surface area contributed by atoms with Gasteiger partial charge >= 0.3 is 0 Å². The fraction of sp³-hybridized carbons (Fsp3) is 0.333. The highest BCUT2D eigenvalue weighted by molar-refractivity contribution is 7.09. The summed E-state index contributed by atoms with van der Waals surface area (Å²) < 4.78 is 5.53. The largest absolute Gasteiger partial charge is 0.471 e. The summed E-state index contributed by atoms with van der Waals surface area (Å²) in [4.78, 5) is 1.18. The average molecular weight is 249 g/mol. The molecule has 0 unspecified atom stereocenters. The predicted octanol–water partition coefficient (Wildman–Crippen LogP) is 2.23. The van der Waals surface area contributed by atoms with Crippen molar-refractivity contribution >= 4 is 11.3 Å². The zero-order valence-corrected chi connectivity index (χ0v) is 10.5. The number of ether oxygens (including phenoxy) is 1. The SMILES string of the molecule is CCNCc1ccc(OCc2cccs2)nn1. The maximum absolute atomic E-state index is 5.53. The van der Waals surface area contributed by atoms with E-state index >= 15 is 0 Å². The molecule has 90 valence electrons. The molecular weight excluding hydrogens is 234 g/mol. The smallest absolute Gasteiger partial charge is 0.233 e. The molecule has 17 heavy (non-hydrogen) atoms. The molecule has 2 aromatic heterocycles. The molecule has 5 heteroatoms. The van der Waals surface area contributed by atoms with E-state index in [1.165, 1.54) is 4.88 Å². The predicted molar refractivity (Wildman–Crippen MR) is 68.1 cm³/mol. The van der Waals surface area contributed by atoms with Gasteiger partial charge in [0.05, 0.1) is 5.69 Å². The van der Waals surface area contributed by atoms with Crippen LogP contribution in [0.4, 0.5) is 0 Å². The third kappa shape index (κ3) is 3.80. The second kappa shape index (κ2) is 6.32. The molecule has 0 amide bonds. The standard InChI is InChI=1S/C12H15N3OS/c1-2-13-8-10-5-6-12(15-14-10)16-9-11-4-3-7-17-11/h3-7,13H,2,8-9H2,1H3. The molecule has 0 aliphatic carbocycles. The minimum atomic E-state index is 0.554. The van der Waals surface area contributed by atoms with Crippen molar-refractivity contribution in [2.75, 3.05) is 6.54 Å². The Hall–Kier alpha value is -1.46. The van der Waals surface area contributed by atoms with Crippen LogP contribution in [-0.4, -0.2) is 16.7 Å². The maximum Gasteiger partial charge on any atom is 0.233 e. The number of thiophene rings is 1. The lowest BCUT2D eigenvalue weighted by Crippen LogP contribution is -2.13. The van der Waals surface area contributed by atoms with Gasteiger partial charge in [0.15, 0.2) is 0 Å². The Balaban J connectivity index is 1.85. The van der Waals surface area contributed by atoms with Crippen LogP contribution in [0.15, 0.2) is 29.6 Å². The number of hydrogen-bond acceptors (Lipinski definition) is 5. The lowest BCUT2D eigenvalue weighted by atomic mass is 10.4. The van der Waals surface area contributed by atoms with Crippen molar-refractivity contribution in [3.63, 3.8) is 0 Å². The second-order valence-electron chi connectivity index (χ2n) is 3.51. The van der Waals surface area contributed by atoms with Crippen molar-refractivity contribution in [3.8, 4) is 5.88 Å². The lowest BCUT2D eigenvalue weighted by molar-refractivity contribution is 0.293. The Morgan fingerprint density at radius 2 is 2.24 bits per heavy atom. The zero-order chi connectivity index (χ0) is 11.9. The zero-order valence-electron chi connectivity index (χ0n) is 9.72. The quantitative estimate of drug-likeness (QED) is 0.852. The van der Waals surface area contributed by atoms with Crippen LogP contribution < -0.4 is 10.1 Å². The Morgan fingerprint density at radius 1 is 1.29 bits per heavy atom. The van der Waals surface area contributed by atoms with Gasteiger partial charge in [-0.2, -0.15) is 5.10 Å². The molecule has 0 radical (unpaired) electrons. The molecule has 0 atom stereocenters. The van der Waals surface area contributed by atoms with Gasteiger partial charge in [-0.3, -0.25) is 0 Å². The van der Waals surface area contributed by atoms with E-state index in [0.29, 0.717) is 12.5 Å². The topological polar surface area (TPSA) is 47.0 Å². The van der Waals surface area contributed by atoms with Crippen LogP contribution in [0.25, 0.3) is 0 Å². The fourth-order valence-corrected chi connectivity index (χ4v) is 1.93. The fourth-order valence-electron chi connectivity index (χ4n) is 1.31. The Bertz CT molecular complexity index is 428. The molecule has 0 saturated carbocycles. The average Bonchev–Trinajstić information content (AvgIpc) is 2.88. The van der Waals surface area contributed by atoms with Crippen LogP contribution >= 0.6 is 11.3 Å². The van der Waals surface area contributed by atoms with Crippen molar-refractivity contribution in [1.29, 1.82) is 0 Å². The third-order valence-corrected chi connectivity index (χ3v) is 3.04. The van der Waals surface area contributed by atoms with Crippen molar-refractivity contribution in [2.24, 2.45) is 0 Å². The summed E-state index contributed by atoms with van der Waals surface area (Å²) in [6.07, 6.45) is 0. The van der Waals surface area contributed by atoms with E-state index in [4.69, 9.17) is 4.74 Å². The van der Waals surface area contributed by atoms with Gasteiger partial charge in [0.2, 0.25) is 5.88 Å². The van der Waals surface area contributed by atoms with E-state index in [9.17, 15) is 0 Å². The summed E-state index contributed by atoms with van der Waals surface area (Å²) in [5, 5.41) is 13.3. The van der Waals surface area contributed by atoms with Crippen LogP contribution in [0.1, 0.15) is 17.5 Å². The van der Waals surface area contributed by atoms with Gasteiger partial charge in [0.1, 0.15) is 6.61 Å². The number of rotatable bonds is 6. The first kappa shape index (κ1) is 12.0. The van der Waals surface area contributed by atoms with E-state index in [1.54, 1.807) is 11.3 Å². The summed E-state index contributed by atoms with van der Waals surface area (Å²) in [6.45, 7) is 4.29. The first-order chi connectivity index (χ1) is 8.38. The van der Waals surface area contributed by atoms with Crippen molar-refractivity contribution in [1.82, 2.24) is 15.5 Å². The molecular formula is C12H15N3OS. The van der Waals surface area contributed by atoms with E-state index in [-0.39, 0.29) is 0 Å². The third-order valence-electron chi connectivity index (χ3n) is 2.19. The number of nitrogens with one attached hydrogen (secondary N) is 1. The van der Waals surface area contributed by atoms with Crippen molar-refractivity contribution in [3.05, 3.63) is 40.2 Å².